The Hall–Kier alpha value is -0.770. The molecule has 8 heteroatoms. The van der Waals surface area contributed by atoms with Crippen LogP contribution in [0.4, 0.5) is 8.78 Å². The van der Waals surface area contributed by atoms with Crippen LogP contribution >= 0.6 is 22.6 Å². The van der Waals surface area contributed by atoms with Gasteiger partial charge in [0.15, 0.2) is 0 Å². The van der Waals surface area contributed by atoms with E-state index in [4.69, 9.17) is 4.74 Å². The lowest BCUT2D eigenvalue weighted by Gasteiger charge is -2.19. The van der Waals surface area contributed by atoms with Crippen molar-refractivity contribution in [3.63, 3.8) is 0 Å². The summed E-state index contributed by atoms with van der Waals surface area (Å²) in [7, 11) is 0. The van der Waals surface area contributed by atoms with Gasteiger partial charge in [-0.15, -0.1) is 0 Å². The predicted molar refractivity (Wildman–Crippen MR) is 68.3 cm³/mol. The molecule has 0 aromatic carbocycles. The largest absolute Gasteiger partial charge is 0.330 e. The third-order valence-electron chi connectivity index (χ3n) is 2.83. The first kappa shape index (κ1) is 13.7. The van der Waals surface area contributed by atoms with Crippen LogP contribution in [0.25, 0.3) is 0 Å². The highest BCUT2D eigenvalue weighted by atomic mass is 127. The molecule has 1 fully saturated rings. The lowest BCUT2D eigenvalue weighted by atomic mass is 10.0. The van der Waals surface area contributed by atoms with Crippen LogP contribution in [0.15, 0.2) is 21.9 Å². The summed E-state index contributed by atoms with van der Waals surface area (Å²) in [5, 5.41) is 0. The third-order valence-corrected chi connectivity index (χ3v) is 3.96. The Labute approximate surface area is 114 Å². The number of nitrogens with one attached hydrogen (secondary N) is 1. The number of hydrogen-bond acceptors (Lipinski definition) is 3. The smallest absolute Gasteiger partial charge is 0.320 e. The Bertz CT molecular complexity index is 546. The monoisotopic (exact) mass is 372 g/mol. The number of aromatic amines is 1. The van der Waals surface area contributed by atoms with E-state index in [1.54, 1.807) is 0 Å². The van der Waals surface area contributed by atoms with Crippen LogP contribution in [0.3, 0.4) is 0 Å². The predicted octanol–water partition coefficient (Wildman–Crippen LogP) is 1.14. The maximum absolute atomic E-state index is 14.0. The molecule has 5 nitrogen and oxygen atoms in total. The second-order valence-electron chi connectivity index (χ2n) is 4.16. The van der Waals surface area contributed by atoms with E-state index in [2.05, 4.69) is 0 Å². The molecule has 100 valence electrons. The second kappa shape index (κ2) is 5.08. The van der Waals surface area contributed by atoms with Crippen LogP contribution in [-0.4, -0.2) is 26.5 Å². The molecule has 3 atom stereocenters. The van der Waals surface area contributed by atoms with Crippen LogP contribution in [-0.2, 0) is 4.74 Å². The summed E-state index contributed by atoms with van der Waals surface area (Å²) in [6, 6.07) is 1.11. The van der Waals surface area contributed by atoms with Crippen LogP contribution in [0.1, 0.15) is 12.6 Å². The molecule has 2 rings (SSSR count). The van der Waals surface area contributed by atoms with E-state index in [1.807, 2.05) is 27.6 Å². The van der Waals surface area contributed by atoms with E-state index < -0.39 is 35.9 Å². The normalized spacial score (nSPS) is 31.7. The molecule has 0 aliphatic carbocycles. The van der Waals surface area contributed by atoms with Crippen molar-refractivity contribution in [2.75, 3.05) is 11.1 Å². The van der Waals surface area contributed by atoms with E-state index in [1.165, 1.54) is 6.20 Å². The first-order chi connectivity index (χ1) is 8.49. The molecule has 0 unspecified atom stereocenters. The average molecular weight is 372 g/mol. The molecular formula is C10H11F2IN2O3. The summed E-state index contributed by atoms with van der Waals surface area (Å²) in [5.74, 6) is -2.68. The van der Waals surface area contributed by atoms with Gasteiger partial charge in [-0.1, -0.05) is 22.6 Å². The number of hydrogen-bond donors (Lipinski definition) is 1. The summed E-state index contributed by atoms with van der Waals surface area (Å²) in [4.78, 5) is 24.5. The number of ether oxygens (including phenoxy) is 1. The Morgan fingerprint density at radius 1 is 1.61 bits per heavy atom. The van der Waals surface area contributed by atoms with Crippen molar-refractivity contribution in [1.29, 1.82) is 0 Å². The van der Waals surface area contributed by atoms with Gasteiger partial charge in [0.1, 0.15) is 6.23 Å². The first-order valence-electron chi connectivity index (χ1n) is 5.29. The maximum atomic E-state index is 14.0. The molecule has 0 spiro atoms. The standard InChI is InChI=1S/C10H11F2IN2O3/c11-4-6-3-10(12,5-13)18-8(6)15-2-1-7(16)14-9(15)17/h1-2,6,8H,3-5H2,(H,14,16,17)/t6-,8-,10+/m1/s1. The van der Waals surface area contributed by atoms with Gasteiger partial charge in [-0.25, -0.2) is 9.18 Å². The molecule has 1 N–H and O–H groups in total. The minimum absolute atomic E-state index is 0.0515. The van der Waals surface area contributed by atoms with E-state index in [0.29, 0.717) is 0 Å². The molecule has 0 bridgehead atoms. The minimum Gasteiger partial charge on any atom is -0.320 e. The van der Waals surface area contributed by atoms with E-state index in [0.717, 1.165) is 10.6 Å². The van der Waals surface area contributed by atoms with Gasteiger partial charge in [-0.05, 0) is 0 Å². The molecule has 2 heterocycles. The topological polar surface area (TPSA) is 64.1 Å². The number of H-pyrrole nitrogens is 1. The molecule has 1 saturated heterocycles. The number of nitrogens with zero attached hydrogens (tertiary/aromatic N) is 1. The van der Waals surface area contributed by atoms with Crippen molar-refractivity contribution in [2.45, 2.75) is 18.5 Å². The van der Waals surface area contributed by atoms with Crippen LogP contribution in [0.5, 0.6) is 0 Å². The van der Waals surface area contributed by atoms with Crippen molar-refractivity contribution in [3.05, 3.63) is 33.1 Å². The van der Waals surface area contributed by atoms with Gasteiger partial charge in [-0.2, -0.15) is 0 Å². The highest BCUT2D eigenvalue weighted by Crippen LogP contribution is 2.42. The Morgan fingerprint density at radius 3 is 2.89 bits per heavy atom. The van der Waals surface area contributed by atoms with E-state index in [9.17, 15) is 18.4 Å². The van der Waals surface area contributed by atoms with Gasteiger partial charge >= 0.3 is 5.69 Å². The summed E-state index contributed by atoms with van der Waals surface area (Å²) in [6.45, 7) is -0.793. The zero-order chi connectivity index (χ0) is 13.3. The van der Waals surface area contributed by atoms with Gasteiger partial charge in [0.05, 0.1) is 11.1 Å². The summed E-state index contributed by atoms with van der Waals surface area (Å²) < 4.78 is 33.1. The molecule has 1 aromatic heterocycles. The van der Waals surface area contributed by atoms with E-state index >= 15 is 0 Å². The highest BCUT2D eigenvalue weighted by molar-refractivity contribution is 14.1. The fourth-order valence-corrected chi connectivity index (χ4v) is 2.47. The zero-order valence-corrected chi connectivity index (χ0v) is 11.4. The number of rotatable bonds is 3. The molecule has 0 amide bonds. The Balaban J connectivity index is 2.37. The molecule has 0 radical (unpaired) electrons. The Morgan fingerprint density at radius 2 is 2.33 bits per heavy atom. The minimum atomic E-state index is -1.93. The molecular weight excluding hydrogens is 361 g/mol. The summed E-state index contributed by atoms with van der Waals surface area (Å²) in [6.07, 6.45) is 0.0509. The van der Waals surface area contributed by atoms with Crippen molar-refractivity contribution in [1.82, 2.24) is 9.55 Å². The fraction of sp³-hybridized carbons (Fsp3) is 0.600. The SMILES string of the molecule is O=c1ccn([C@@H]2O[C@](F)(CI)C[C@@H]2CF)c(=O)[nH]1. The van der Waals surface area contributed by atoms with Crippen LogP contribution in [0, 0.1) is 5.92 Å². The number of halogens is 3. The highest BCUT2D eigenvalue weighted by Gasteiger charge is 2.47. The van der Waals surface area contributed by atoms with Gasteiger partial charge in [0.2, 0.25) is 5.85 Å². The van der Waals surface area contributed by atoms with E-state index in [-0.39, 0.29) is 10.8 Å². The lowest BCUT2D eigenvalue weighted by molar-refractivity contribution is -0.140. The average Bonchev–Trinajstić information content (AvgIpc) is 2.67. The Kier molecular flexibility index (Phi) is 3.85. The quantitative estimate of drug-likeness (QED) is 0.640. The van der Waals surface area contributed by atoms with Crippen LogP contribution < -0.4 is 11.2 Å². The number of alkyl halides is 3. The molecule has 1 aromatic rings. The molecule has 1 aliphatic rings. The van der Waals surface area contributed by atoms with Crippen molar-refractivity contribution in [3.8, 4) is 0 Å². The summed E-state index contributed by atoms with van der Waals surface area (Å²) in [5.41, 5.74) is -1.30. The van der Waals surface area contributed by atoms with Gasteiger partial charge < -0.3 is 4.74 Å². The van der Waals surface area contributed by atoms with Gasteiger partial charge in [0.25, 0.3) is 5.56 Å². The molecule has 1 aliphatic heterocycles. The third kappa shape index (κ3) is 2.48. The zero-order valence-electron chi connectivity index (χ0n) is 9.24. The second-order valence-corrected chi connectivity index (χ2v) is 4.92. The van der Waals surface area contributed by atoms with Crippen molar-refractivity contribution < 1.29 is 13.5 Å². The van der Waals surface area contributed by atoms with Crippen molar-refractivity contribution in [2.24, 2.45) is 5.92 Å². The van der Waals surface area contributed by atoms with Crippen molar-refractivity contribution >= 4 is 22.6 Å². The fourth-order valence-electron chi connectivity index (χ4n) is 1.98. The lowest BCUT2D eigenvalue weighted by Crippen LogP contribution is -2.34. The molecule has 18 heavy (non-hydrogen) atoms. The van der Waals surface area contributed by atoms with Crippen LogP contribution in [0.2, 0.25) is 0 Å². The number of aromatic nitrogens is 2. The van der Waals surface area contributed by atoms with Gasteiger partial charge in [0, 0.05) is 24.6 Å². The first-order valence-corrected chi connectivity index (χ1v) is 6.82. The maximum Gasteiger partial charge on any atom is 0.330 e. The summed E-state index contributed by atoms with van der Waals surface area (Å²) >= 11 is 1.81. The van der Waals surface area contributed by atoms with Gasteiger partial charge in [-0.3, -0.25) is 18.7 Å². The molecule has 0 saturated carbocycles.